The van der Waals surface area contributed by atoms with Crippen LogP contribution in [0.3, 0.4) is 0 Å². The Morgan fingerprint density at radius 2 is 2.22 bits per heavy atom. The minimum absolute atomic E-state index is 0.00941. The van der Waals surface area contributed by atoms with E-state index in [-0.39, 0.29) is 6.61 Å². The van der Waals surface area contributed by atoms with Gasteiger partial charge in [-0.25, -0.2) is 19.4 Å². The molecule has 0 fully saturated rings. The summed E-state index contributed by atoms with van der Waals surface area (Å²) in [6.07, 6.45) is 3.87. The Bertz CT molecular complexity index is 910. The molecule has 0 spiro atoms. The molecule has 142 valence electrons. The summed E-state index contributed by atoms with van der Waals surface area (Å²) in [5.41, 5.74) is 0.976. The highest BCUT2D eigenvalue weighted by atomic mass is 32.2. The summed E-state index contributed by atoms with van der Waals surface area (Å²) in [7, 11) is 0. The van der Waals surface area contributed by atoms with Crippen LogP contribution < -0.4 is 0 Å². The molecule has 3 heterocycles. The summed E-state index contributed by atoms with van der Waals surface area (Å²) < 4.78 is 7.12. The van der Waals surface area contributed by atoms with Crippen molar-refractivity contribution in [3.05, 3.63) is 34.6 Å². The molecular formula is C17H20N6O2S2. The lowest BCUT2D eigenvalue weighted by molar-refractivity contribution is 0.0449. The number of tetrazole rings is 1. The van der Waals surface area contributed by atoms with E-state index in [4.69, 9.17) is 4.74 Å². The largest absolute Gasteiger partial charge is 0.454 e. The number of hydrogen-bond donors (Lipinski definition) is 0. The van der Waals surface area contributed by atoms with Crippen molar-refractivity contribution in [1.29, 1.82) is 0 Å². The molecule has 3 aromatic heterocycles. The summed E-state index contributed by atoms with van der Waals surface area (Å²) in [6, 6.07) is 3.90. The highest BCUT2D eigenvalue weighted by Gasteiger charge is 2.21. The quantitative estimate of drug-likeness (QED) is 0.320. The maximum Gasteiger partial charge on any atom is 0.343 e. The number of carbonyl (C=O) groups excluding carboxylic acids is 1. The van der Waals surface area contributed by atoms with Crippen LogP contribution in [0.25, 0.3) is 10.7 Å². The first-order valence-corrected chi connectivity index (χ1v) is 10.6. The number of ether oxygens (including phenoxy) is 1. The van der Waals surface area contributed by atoms with Crippen molar-refractivity contribution in [3.63, 3.8) is 0 Å². The SMILES string of the molecule is CCCCn1nnnc1COC(=O)c1c(C)nc(-c2cccs2)nc1SC. The Morgan fingerprint density at radius 3 is 2.93 bits per heavy atom. The Balaban J connectivity index is 1.77. The Hall–Kier alpha value is -2.33. The Morgan fingerprint density at radius 1 is 1.37 bits per heavy atom. The van der Waals surface area contributed by atoms with Gasteiger partial charge in [0.25, 0.3) is 0 Å². The van der Waals surface area contributed by atoms with Crippen molar-refractivity contribution < 1.29 is 9.53 Å². The standard InChI is InChI=1S/C17H20N6O2S2/c1-4-5-8-23-13(20-21-22-23)10-25-17(24)14-11(2)18-15(19-16(14)26-3)12-7-6-9-27-12/h6-7,9H,4-5,8,10H2,1-3H3. The summed E-state index contributed by atoms with van der Waals surface area (Å²) in [4.78, 5) is 22.7. The molecule has 0 aromatic carbocycles. The topological polar surface area (TPSA) is 95.7 Å². The van der Waals surface area contributed by atoms with Crippen molar-refractivity contribution in [2.24, 2.45) is 0 Å². The smallest absolute Gasteiger partial charge is 0.343 e. The number of thiophene rings is 1. The number of nitrogens with zero attached hydrogens (tertiary/aromatic N) is 6. The average molecular weight is 405 g/mol. The second-order valence-corrected chi connectivity index (χ2v) is 7.48. The molecule has 0 aliphatic carbocycles. The second kappa shape index (κ2) is 9.05. The predicted molar refractivity (Wildman–Crippen MR) is 104 cm³/mol. The van der Waals surface area contributed by atoms with Crippen LogP contribution in [0, 0.1) is 6.92 Å². The van der Waals surface area contributed by atoms with E-state index < -0.39 is 5.97 Å². The molecule has 8 nitrogen and oxygen atoms in total. The van der Waals surface area contributed by atoms with Crippen molar-refractivity contribution in [1.82, 2.24) is 30.2 Å². The number of unbranched alkanes of at least 4 members (excludes halogenated alkanes) is 1. The van der Waals surface area contributed by atoms with E-state index in [0.717, 1.165) is 17.7 Å². The van der Waals surface area contributed by atoms with Gasteiger partial charge in [0.15, 0.2) is 18.3 Å². The number of hydrogen-bond acceptors (Lipinski definition) is 9. The van der Waals surface area contributed by atoms with Gasteiger partial charge in [-0.15, -0.1) is 28.2 Å². The number of aromatic nitrogens is 6. The molecule has 0 saturated heterocycles. The normalized spacial score (nSPS) is 10.9. The van der Waals surface area contributed by atoms with Crippen LogP contribution in [0.1, 0.15) is 41.6 Å². The summed E-state index contributed by atoms with van der Waals surface area (Å²) in [6.45, 7) is 4.59. The molecule has 10 heteroatoms. The van der Waals surface area contributed by atoms with E-state index in [9.17, 15) is 4.79 Å². The molecular weight excluding hydrogens is 384 g/mol. The maximum atomic E-state index is 12.7. The van der Waals surface area contributed by atoms with Gasteiger partial charge in [0.2, 0.25) is 0 Å². The lowest BCUT2D eigenvalue weighted by Crippen LogP contribution is -2.14. The first-order chi connectivity index (χ1) is 13.1. The van der Waals surface area contributed by atoms with Crippen LogP contribution in [-0.2, 0) is 17.9 Å². The van der Waals surface area contributed by atoms with Gasteiger partial charge >= 0.3 is 5.97 Å². The van der Waals surface area contributed by atoms with Gasteiger partial charge in [-0.05, 0) is 41.5 Å². The number of carbonyl (C=O) groups is 1. The number of esters is 1. The number of aryl methyl sites for hydroxylation is 2. The Kier molecular flexibility index (Phi) is 6.51. The van der Waals surface area contributed by atoms with Gasteiger partial charge < -0.3 is 4.74 Å². The van der Waals surface area contributed by atoms with Crippen LogP contribution >= 0.6 is 23.1 Å². The Labute approximate surface area is 165 Å². The summed E-state index contributed by atoms with van der Waals surface area (Å²) >= 11 is 2.95. The predicted octanol–water partition coefficient (Wildman–Crippen LogP) is 3.38. The van der Waals surface area contributed by atoms with Gasteiger partial charge in [-0.3, -0.25) is 0 Å². The molecule has 3 rings (SSSR count). The fourth-order valence-electron chi connectivity index (χ4n) is 2.46. The van der Waals surface area contributed by atoms with Gasteiger partial charge in [-0.2, -0.15) is 0 Å². The molecule has 0 unspecified atom stereocenters. The zero-order valence-electron chi connectivity index (χ0n) is 15.4. The highest BCUT2D eigenvalue weighted by Crippen LogP contribution is 2.27. The lowest BCUT2D eigenvalue weighted by atomic mass is 10.2. The molecule has 0 saturated carbocycles. The van der Waals surface area contributed by atoms with Gasteiger partial charge in [0, 0.05) is 6.54 Å². The zero-order valence-corrected chi connectivity index (χ0v) is 17.0. The van der Waals surface area contributed by atoms with Crippen molar-refractivity contribution in [2.75, 3.05) is 6.26 Å². The van der Waals surface area contributed by atoms with Crippen molar-refractivity contribution in [3.8, 4) is 10.7 Å². The fourth-order valence-corrected chi connectivity index (χ4v) is 3.73. The highest BCUT2D eigenvalue weighted by molar-refractivity contribution is 7.98. The van der Waals surface area contributed by atoms with Gasteiger partial charge in [-0.1, -0.05) is 19.4 Å². The molecule has 0 atom stereocenters. The van der Waals surface area contributed by atoms with E-state index in [2.05, 4.69) is 32.4 Å². The van der Waals surface area contributed by atoms with Crippen LogP contribution in [0.5, 0.6) is 0 Å². The third-order valence-corrected chi connectivity index (χ3v) is 5.41. The minimum atomic E-state index is -0.473. The van der Waals surface area contributed by atoms with E-state index in [1.165, 1.54) is 11.8 Å². The first kappa shape index (κ1) is 19.4. The third kappa shape index (κ3) is 4.51. The first-order valence-electron chi connectivity index (χ1n) is 8.52. The van der Waals surface area contributed by atoms with Crippen molar-refractivity contribution >= 4 is 29.1 Å². The van der Waals surface area contributed by atoms with Crippen LogP contribution in [0.4, 0.5) is 0 Å². The monoisotopic (exact) mass is 404 g/mol. The minimum Gasteiger partial charge on any atom is -0.454 e. The summed E-state index contributed by atoms with van der Waals surface area (Å²) in [5.74, 6) is 0.669. The van der Waals surface area contributed by atoms with E-state index in [0.29, 0.717) is 34.5 Å². The number of thioether (sulfide) groups is 1. The molecule has 0 aliphatic heterocycles. The molecule has 0 aliphatic rings. The van der Waals surface area contributed by atoms with Crippen LogP contribution in [-0.4, -0.2) is 42.4 Å². The van der Waals surface area contributed by atoms with Crippen molar-refractivity contribution in [2.45, 2.75) is 44.9 Å². The number of rotatable bonds is 8. The molecule has 0 bridgehead atoms. The molecule has 0 N–H and O–H groups in total. The zero-order chi connectivity index (χ0) is 19.2. The molecule has 3 aromatic rings. The maximum absolute atomic E-state index is 12.7. The molecule has 0 amide bonds. The average Bonchev–Trinajstić information content (AvgIpc) is 3.35. The second-order valence-electron chi connectivity index (χ2n) is 5.74. The van der Waals surface area contributed by atoms with Crippen LogP contribution in [0.15, 0.2) is 22.5 Å². The molecule has 0 radical (unpaired) electrons. The lowest BCUT2D eigenvalue weighted by Gasteiger charge is -2.11. The third-order valence-electron chi connectivity index (χ3n) is 3.86. The van der Waals surface area contributed by atoms with E-state index in [1.807, 2.05) is 23.8 Å². The summed E-state index contributed by atoms with van der Waals surface area (Å²) in [5, 5.41) is 14.1. The van der Waals surface area contributed by atoms with Gasteiger partial charge in [0.1, 0.15) is 10.6 Å². The fraction of sp³-hybridized carbons (Fsp3) is 0.412. The van der Waals surface area contributed by atoms with E-state index in [1.54, 1.807) is 22.9 Å². The van der Waals surface area contributed by atoms with Gasteiger partial charge in [0.05, 0.1) is 10.6 Å². The van der Waals surface area contributed by atoms with Crippen LogP contribution in [0.2, 0.25) is 0 Å². The van der Waals surface area contributed by atoms with E-state index >= 15 is 0 Å². The molecule has 27 heavy (non-hydrogen) atoms.